The van der Waals surface area contributed by atoms with Gasteiger partial charge in [0.2, 0.25) is 0 Å². The fourth-order valence-corrected chi connectivity index (χ4v) is 4.09. The largest absolute Gasteiger partial charge is 0.356 e. The molecular weight excluding hydrogens is 483 g/mol. The van der Waals surface area contributed by atoms with Crippen LogP contribution in [0.2, 0.25) is 0 Å². The molecule has 12 heteroatoms. The molecule has 4 aromatic rings. The molecule has 4 rings (SSSR count). The molecule has 3 aromatic heterocycles. The smallest absolute Gasteiger partial charge is 0.345 e. The Hall–Kier alpha value is -4.05. The van der Waals surface area contributed by atoms with E-state index in [1.807, 2.05) is 19.9 Å². The van der Waals surface area contributed by atoms with Crippen LogP contribution in [0.3, 0.4) is 0 Å². The first-order valence-electron chi connectivity index (χ1n) is 10.9. The summed E-state index contributed by atoms with van der Waals surface area (Å²) < 4.78 is 11.4. The summed E-state index contributed by atoms with van der Waals surface area (Å²) in [7, 11) is -4.32. The van der Waals surface area contributed by atoms with E-state index < -0.39 is 25.1 Å². The number of pyridine rings is 1. The zero-order valence-electron chi connectivity index (χ0n) is 19.4. The quantitative estimate of drug-likeness (QED) is 0.274. The molecule has 1 unspecified atom stereocenters. The lowest BCUT2D eigenvalue weighted by molar-refractivity contribution is 0.0923. The standard InChI is InChI=1S/C24H23N6O5P/c1-14(2)21(16-7-10-19(25-12-16)15-5-8-17(9-6-15)36(33,34)35)28-23(31)18-13-26-22(29-24(18)32)20-4-3-11-27-30-20/h3-14,21H,1-2H3,(H,28,31)(H,26,29,32)(H2,33,34,35). The Kier molecular flexibility index (Phi) is 7.16. The van der Waals surface area contributed by atoms with Crippen molar-refractivity contribution in [3.63, 3.8) is 0 Å². The molecule has 0 aliphatic carbocycles. The van der Waals surface area contributed by atoms with Gasteiger partial charge in [0.25, 0.3) is 11.5 Å². The Morgan fingerprint density at radius 3 is 2.31 bits per heavy atom. The normalized spacial score (nSPS) is 12.4. The SMILES string of the molecule is CC(C)C(NC(=O)c1cnc(-c2cccnn2)[nH]c1=O)c1ccc(-c2ccc(P(=O)(O)O)cc2)nc1. The lowest BCUT2D eigenvalue weighted by Crippen LogP contribution is -2.35. The van der Waals surface area contributed by atoms with Gasteiger partial charge in [0.1, 0.15) is 11.3 Å². The van der Waals surface area contributed by atoms with E-state index >= 15 is 0 Å². The second kappa shape index (κ2) is 10.3. The fourth-order valence-electron chi connectivity index (χ4n) is 3.55. The molecule has 1 aromatic carbocycles. The molecule has 1 amide bonds. The first kappa shape index (κ1) is 25.1. The molecule has 0 aliphatic heterocycles. The van der Waals surface area contributed by atoms with Gasteiger partial charge in [-0.2, -0.15) is 5.10 Å². The van der Waals surface area contributed by atoms with Gasteiger partial charge in [-0.3, -0.25) is 19.1 Å². The monoisotopic (exact) mass is 506 g/mol. The highest BCUT2D eigenvalue weighted by atomic mass is 31.2. The molecule has 3 heterocycles. The van der Waals surface area contributed by atoms with Crippen molar-refractivity contribution in [2.75, 3.05) is 0 Å². The minimum atomic E-state index is -4.32. The molecule has 11 nitrogen and oxygen atoms in total. The second-order valence-electron chi connectivity index (χ2n) is 8.35. The molecular formula is C24H23N6O5P. The molecule has 0 saturated heterocycles. The zero-order chi connectivity index (χ0) is 25.9. The first-order valence-corrected chi connectivity index (χ1v) is 12.6. The molecule has 0 bridgehead atoms. The van der Waals surface area contributed by atoms with Crippen molar-refractivity contribution in [3.05, 3.63) is 88.6 Å². The van der Waals surface area contributed by atoms with Gasteiger partial charge in [-0.25, -0.2) is 4.98 Å². The van der Waals surface area contributed by atoms with Crippen molar-refractivity contribution in [3.8, 4) is 22.8 Å². The summed E-state index contributed by atoms with van der Waals surface area (Å²) in [6.07, 6.45) is 4.33. The fraction of sp³-hybridized carbons (Fsp3) is 0.167. The van der Waals surface area contributed by atoms with Gasteiger partial charge in [-0.15, -0.1) is 5.10 Å². The molecule has 184 valence electrons. The molecule has 0 aliphatic rings. The van der Waals surface area contributed by atoms with Gasteiger partial charge in [-0.1, -0.05) is 32.0 Å². The summed E-state index contributed by atoms with van der Waals surface area (Å²) in [6.45, 7) is 3.86. The number of rotatable bonds is 7. The van der Waals surface area contributed by atoms with Gasteiger partial charge in [0.15, 0.2) is 5.82 Å². The van der Waals surface area contributed by atoms with Crippen LogP contribution < -0.4 is 16.2 Å². The van der Waals surface area contributed by atoms with Crippen LogP contribution in [-0.4, -0.2) is 40.8 Å². The third-order valence-corrected chi connectivity index (χ3v) is 6.43. The van der Waals surface area contributed by atoms with E-state index in [9.17, 15) is 23.9 Å². The van der Waals surface area contributed by atoms with E-state index in [4.69, 9.17) is 0 Å². The maximum absolute atomic E-state index is 12.9. The predicted octanol–water partition coefficient (Wildman–Crippen LogP) is 2.22. The minimum Gasteiger partial charge on any atom is -0.345 e. The Labute approximate surface area is 205 Å². The molecule has 0 saturated carbocycles. The molecule has 0 radical (unpaired) electrons. The lowest BCUT2D eigenvalue weighted by Gasteiger charge is -2.22. The van der Waals surface area contributed by atoms with Crippen molar-refractivity contribution < 1.29 is 19.1 Å². The topological polar surface area (TPSA) is 171 Å². The van der Waals surface area contributed by atoms with Gasteiger partial charge >= 0.3 is 7.60 Å². The number of aromatic nitrogens is 5. The summed E-state index contributed by atoms with van der Waals surface area (Å²) in [5, 5.41) is 10.5. The van der Waals surface area contributed by atoms with Crippen LogP contribution in [0.4, 0.5) is 0 Å². The number of carbonyl (C=O) groups is 1. The number of carbonyl (C=O) groups excluding carboxylic acids is 1. The highest BCUT2D eigenvalue weighted by Gasteiger charge is 2.22. The molecule has 0 spiro atoms. The maximum Gasteiger partial charge on any atom is 0.356 e. The number of hydrogen-bond acceptors (Lipinski definition) is 7. The summed E-state index contributed by atoms with van der Waals surface area (Å²) >= 11 is 0. The average Bonchev–Trinajstić information content (AvgIpc) is 2.87. The van der Waals surface area contributed by atoms with Crippen molar-refractivity contribution >= 4 is 18.8 Å². The zero-order valence-corrected chi connectivity index (χ0v) is 20.3. The molecule has 1 atom stereocenters. The molecule has 0 fully saturated rings. The molecule has 4 N–H and O–H groups in total. The summed E-state index contributed by atoms with van der Waals surface area (Å²) in [5.41, 5.74) is 1.66. The van der Waals surface area contributed by atoms with Crippen molar-refractivity contribution in [1.29, 1.82) is 0 Å². The number of aromatic amines is 1. The Bertz CT molecular complexity index is 1470. The van der Waals surface area contributed by atoms with E-state index in [2.05, 4.69) is 30.5 Å². The molecule has 36 heavy (non-hydrogen) atoms. The average molecular weight is 506 g/mol. The number of nitrogens with zero attached hydrogens (tertiary/aromatic N) is 4. The van der Waals surface area contributed by atoms with E-state index in [1.165, 1.54) is 24.5 Å². The van der Waals surface area contributed by atoms with E-state index in [1.54, 1.807) is 36.5 Å². The van der Waals surface area contributed by atoms with Crippen LogP contribution in [0, 0.1) is 5.92 Å². The third-order valence-electron chi connectivity index (χ3n) is 5.46. The second-order valence-corrected chi connectivity index (χ2v) is 9.95. The first-order chi connectivity index (χ1) is 17.1. The summed E-state index contributed by atoms with van der Waals surface area (Å²) in [4.78, 5) is 55.2. The highest BCUT2D eigenvalue weighted by molar-refractivity contribution is 7.60. The number of benzene rings is 1. The number of amides is 1. The van der Waals surface area contributed by atoms with Crippen LogP contribution >= 0.6 is 7.60 Å². The van der Waals surface area contributed by atoms with E-state index in [0.717, 1.165) is 5.56 Å². The van der Waals surface area contributed by atoms with Gasteiger partial charge in [0, 0.05) is 24.2 Å². The van der Waals surface area contributed by atoms with Gasteiger partial charge in [-0.05, 0) is 41.8 Å². The number of hydrogen-bond donors (Lipinski definition) is 4. The Morgan fingerprint density at radius 1 is 1.00 bits per heavy atom. The predicted molar refractivity (Wildman–Crippen MR) is 132 cm³/mol. The Balaban J connectivity index is 1.52. The van der Waals surface area contributed by atoms with Crippen molar-refractivity contribution in [2.45, 2.75) is 19.9 Å². The van der Waals surface area contributed by atoms with Crippen LogP contribution in [0.15, 0.2) is 71.9 Å². The van der Waals surface area contributed by atoms with Crippen molar-refractivity contribution in [1.82, 2.24) is 30.5 Å². The van der Waals surface area contributed by atoms with Gasteiger partial charge < -0.3 is 20.1 Å². The maximum atomic E-state index is 12.9. The van der Waals surface area contributed by atoms with Crippen LogP contribution in [0.5, 0.6) is 0 Å². The summed E-state index contributed by atoms with van der Waals surface area (Å²) in [6, 6.07) is 12.3. The van der Waals surface area contributed by atoms with Crippen molar-refractivity contribution in [2.24, 2.45) is 5.92 Å². The van der Waals surface area contributed by atoms with Crippen LogP contribution in [0.1, 0.15) is 35.8 Å². The number of nitrogens with one attached hydrogen (secondary N) is 2. The van der Waals surface area contributed by atoms with E-state index in [0.29, 0.717) is 17.0 Å². The number of H-pyrrole nitrogens is 1. The summed E-state index contributed by atoms with van der Waals surface area (Å²) in [5.74, 6) is -0.390. The highest BCUT2D eigenvalue weighted by Crippen LogP contribution is 2.33. The van der Waals surface area contributed by atoms with Crippen LogP contribution in [0.25, 0.3) is 22.8 Å². The minimum absolute atomic E-state index is 0.0185. The lowest BCUT2D eigenvalue weighted by atomic mass is 9.96. The third kappa shape index (κ3) is 5.60. The van der Waals surface area contributed by atoms with Gasteiger partial charge in [0.05, 0.1) is 17.0 Å². The van der Waals surface area contributed by atoms with Crippen LogP contribution in [-0.2, 0) is 4.57 Å². The van der Waals surface area contributed by atoms with E-state index in [-0.39, 0.29) is 22.6 Å². The Morgan fingerprint density at radius 2 is 1.75 bits per heavy atom.